The van der Waals surface area contributed by atoms with Crippen molar-refractivity contribution in [2.45, 2.75) is 19.3 Å². The Hall–Kier alpha value is -2.24. The molecule has 1 amide bonds. The minimum atomic E-state index is -0.815. The van der Waals surface area contributed by atoms with Gasteiger partial charge in [0.2, 0.25) is 0 Å². The molecule has 0 unspecified atom stereocenters. The van der Waals surface area contributed by atoms with Crippen LogP contribution in [-0.4, -0.2) is 34.1 Å². The zero-order valence-electron chi connectivity index (χ0n) is 12.1. The van der Waals surface area contributed by atoms with E-state index >= 15 is 0 Å². The van der Waals surface area contributed by atoms with Crippen LogP contribution in [0.3, 0.4) is 0 Å². The molecule has 2 heterocycles. The van der Waals surface area contributed by atoms with Gasteiger partial charge < -0.3 is 4.90 Å². The van der Waals surface area contributed by atoms with Crippen LogP contribution in [0.5, 0.6) is 0 Å². The second-order valence-electron chi connectivity index (χ2n) is 5.68. The Bertz CT molecular complexity index is 649. The Morgan fingerprint density at radius 1 is 1.27 bits per heavy atom. The zero-order chi connectivity index (χ0) is 15.5. The Kier molecular flexibility index (Phi) is 4.18. The summed E-state index contributed by atoms with van der Waals surface area (Å²) in [5, 5.41) is 6.42. The number of piperidine rings is 1. The molecule has 1 N–H and O–H groups in total. The average molecular weight is 305 g/mol. The molecule has 6 heteroatoms. The Labute approximate surface area is 127 Å². The van der Waals surface area contributed by atoms with Gasteiger partial charge in [-0.3, -0.25) is 9.89 Å². The molecule has 116 valence electrons. The van der Waals surface area contributed by atoms with E-state index in [4.69, 9.17) is 0 Å². The maximum absolute atomic E-state index is 13.2. The highest BCUT2D eigenvalue weighted by Gasteiger charge is 2.24. The third kappa shape index (κ3) is 3.16. The van der Waals surface area contributed by atoms with Gasteiger partial charge in [0.05, 0.1) is 11.8 Å². The first-order valence-corrected chi connectivity index (χ1v) is 7.35. The number of hydrogen-bond donors (Lipinski definition) is 1. The smallest absolute Gasteiger partial charge is 0.257 e. The van der Waals surface area contributed by atoms with Crippen molar-refractivity contribution in [3.8, 4) is 0 Å². The molecular weight excluding hydrogens is 288 g/mol. The lowest BCUT2D eigenvalue weighted by atomic mass is 9.90. The molecule has 0 radical (unpaired) electrons. The number of rotatable bonds is 3. The molecule has 1 aromatic heterocycles. The van der Waals surface area contributed by atoms with Gasteiger partial charge in [0.25, 0.3) is 5.91 Å². The van der Waals surface area contributed by atoms with E-state index in [0.29, 0.717) is 31.0 Å². The summed E-state index contributed by atoms with van der Waals surface area (Å²) in [5.41, 5.74) is 1.37. The van der Waals surface area contributed by atoms with Crippen molar-refractivity contribution in [2.24, 2.45) is 5.92 Å². The van der Waals surface area contributed by atoms with Gasteiger partial charge >= 0.3 is 0 Å². The monoisotopic (exact) mass is 305 g/mol. The standard InChI is InChI=1S/C16H17F2N3O/c17-14-2-1-12(8-15(14)18)7-11-3-5-21(6-4-11)16(22)13-9-19-20-10-13/h1-2,8-11H,3-7H2,(H,19,20). The van der Waals surface area contributed by atoms with E-state index in [0.717, 1.165) is 18.4 Å². The number of halogens is 2. The van der Waals surface area contributed by atoms with Crippen molar-refractivity contribution in [3.63, 3.8) is 0 Å². The van der Waals surface area contributed by atoms with Crippen molar-refractivity contribution >= 4 is 5.91 Å². The molecule has 4 nitrogen and oxygen atoms in total. The largest absolute Gasteiger partial charge is 0.339 e. The zero-order valence-corrected chi connectivity index (χ0v) is 12.1. The van der Waals surface area contributed by atoms with E-state index < -0.39 is 11.6 Å². The minimum absolute atomic E-state index is 0.0139. The first kappa shape index (κ1) is 14.7. The molecule has 1 fully saturated rings. The van der Waals surface area contributed by atoms with Crippen LogP contribution in [0.4, 0.5) is 8.78 Å². The minimum Gasteiger partial charge on any atom is -0.339 e. The fourth-order valence-electron chi connectivity index (χ4n) is 2.89. The number of nitrogens with zero attached hydrogens (tertiary/aromatic N) is 2. The lowest BCUT2D eigenvalue weighted by molar-refractivity contribution is 0.0690. The van der Waals surface area contributed by atoms with Gasteiger partial charge in [0, 0.05) is 19.3 Å². The van der Waals surface area contributed by atoms with Gasteiger partial charge in [-0.15, -0.1) is 0 Å². The van der Waals surface area contributed by atoms with E-state index in [1.165, 1.54) is 18.3 Å². The number of carbonyl (C=O) groups excluding carboxylic acids is 1. The predicted molar refractivity (Wildman–Crippen MR) is 77.3 cm³/mol. The molecule has 22 heavy (non-hydrogen) atoms. The molecule has 0 spiro atoms. The van der Waals surface area contributed by atoms with Crippen LogP contribution < -0.4 is 0 Å². The number of carbonyl (C=O) groups is 1. The number of nitrogens with one attached hydrogen (secondary N) is 1. The summed E-state index contributed by atoms with van der Waals surface area (Å²) in [7, 11) is 0. The number of amides is 1. The maximum Gasteiger partial charge on any atom is 0.257 e. The lowest BCUT2D eigenvalue weighted by Crippen LogP contribution is -2.38. The highest BCUT2D eigenvalue weighted by Crippen LogP contribution is 2.23. The fraction of sp³-hybridized carbons (Fsp3) is 0.375. The van der Waals surface area contributed by atoms with Crippen molar-refractivity contribution in [1.29, 1.82) is 0 Å². The van der Waals surface area contributed by atoms with Crippen molar-refractivity contribution in [1.82, 2.24) is 15.1 Å². The first-order chi connectivity index (χ1) is 10.6. The molecule has 3 rings (SSSR count). The average Bonchev–Trinajstić information content (AvgIpc) is 3.05. The molecule has 0 bridgehead atoms. The predicted octanol–water partition coefficient (Wildman–Crippen LogP) is 2.78. The van der Waals surface area contributed by atoms with Crippen LogP contribution in [0.15, 0.2) is 30.6 Å². The van der Waals surface area contributed by atoms with Gasteiger partial charge in [0.1, 0.15) is 0 Å². The number of aromatic nitrogens is 2. The quantitative estimate of drug-likeness (QED) is 0.948. The molecular formula is C16H17F2N3O. The molecule has 1 aliphatic heterocycles. The van der Waals surface area contributed by atoms with Crippen LogP contribution in [0.25, 0.3) is 0 Å². The summed E-state index contributed by atoms with van der Waals surface area (Å²) in [6.45, 7) is 1.36. The summed E-state index contributed by atoms with van der Waals surface area (Å²) in [6.07, 6.45) is 5.56. The lowest BCUT2D eigenvalue weighted by Gasteiger charge is -2.31. The number of hydrogen-bond acceptors (Lipinski definition) is 2. The molecule has 0 atom stereocenters. The van der Waals surface area contributed by atoms with Crippen LogP contribution in [0.2, 0.25) is 0 Å². The number of benzene rings is 1. The molecule has 0 saturated carbocycles. The van der Waals surface area contributed by atoms with E-state index in [-0.39, 0.29) is 5.91 Å². The van der Waals surface area contributed by atoms with Gasteiger partial charge in [-0.1, -0.05) is 6.07 Å². The van der Waals surface area contributed by atoms with Crippen molar-refractivity contribution in [2.75, 3.05) is 13.1 Å². The van der Waals surface area contributed by atoms with E-state index in [1.807, 2.05) is 4.90 Å². The Balaban J connectivity index is 1.55. The Morgan fingerprint density at radius 2 is 2.05 bits per heavy atom. The molecule has 2 aromatic rings. The Morgan fingerprint density at radius 3 is 2.68 bits per heavy atom. The summed E-state index contributed by atoms with van der Waals surface area (Å²) < 4.78 is 26.1. The van der Waals surface area contributed by atoms with Crippen LogP contribution in [0.1, 0.15) is 28.8 Å². The van der Waals surface area contributed by atoms with Gasteiger partial charge in [0.15, 0.2) is 11.6 Å². The molecule has 1 aliphatic rings. The number of H-pyrrole nitrogens is 1. The first-order valence-electron chi connectivity index (χ1n) is 7.35. The van der Waals surface area contributed by atoms with Gasteiger partial charge in [-0.05, 0) is 42.9 Å². The highest BCUT2D eigenvalue weighted by molar-refractivity contribution is 5.93. The summed E-state index contributed by atoms with van der Waals surface area (Å²) in [4.78, 5) is 14.0. The number of aromatic amines is 1. The van der Waals surface area contributed by atoms with E-state index in [2.05, 4.69) is 10.2 Å². The number of likely N-dealkylation sites (tertiary alicyclic amines) is 1. The molecule has 1 aromatic carbocycles. The summed E-state index contributed by atoms with van der Waals surface area (Å²) >= 11 is 0. The highest BCUT2D eigenvalue weighted by atomic mass is 19.2. The second-order valence-corrected chi connectivity index (χ2v) is 5.68. The molecule has 1 saturated heterocycles. The fourth-order valence-corrected chi connectivity index (χ4v) is 2.89. The summed E-state index contributed by atoms with van der Waals surface area (Å²) in [6, 6.07) is 4.06. The third-order valence-electron chi connectivity index (χ3n) is 4.16. The maximum atomic E-state index is 13.2. The summed E-state index contributed by atoms with van der Waals surface area (Å²) in [5.74, 6) is -1.24. The van der Waals surface area contributed by atoms with E-state index in [1.54, 1.807) is 12.3 Å². The topological polar surface area (TPSA) is 49.0 Å². The van der Waals surface area contributed by atoms with Crippen LogP contribution in [-0.2, 0) is 6.42 Å². The van der Waals surface area contributed by atoms with Crippen LogP contribution >= 0.6 is 0 Å². The SMILES string of the molecule is O=C(c1cn[nH]c1)N1CCC(Cc2ccc(F)c(F)c2)CC1. The third-order valence-corrected chi connectivity index (χ3v) is 4.16. The van der Waals surface area contributed by atoms with Crippen molar-refractivity contribution < 1.29 is 13.6 Å². The van der Waals surface area contributed by atoms with Gasteiger partial charge in [-0.25, -0.2) is 8.78 Å². The van der Waals surface area contributed by atoms with E-state index in [9.17, 15) is 13.6 Å². The van der Waals surface area contributed by atoms with Gasteiger partial charge in [-0.2, -0.15) is 5.10 Å². The van der Waals surface area contributed by atoms with Crippen LogP contribution in [0, 0.1) is 17.6 Å². The second kappa shape index (κ2) is 6.25. The normalized spacial score (nSPS) is 16.0. The molecule has 0 aliphatic carbocycles. The van der Waals surface area contributed by atoms with Crippen molar-refractivity contribution in [3.05, 3.63) is 53.4 Å².